The maximum Gasteiger partial charge on any atom is 0.471 e. The fraction of sp³-hybridized carbons (Fsp3) is 0.571. The summed E-state index contributed by atoms with van der Waals surface area (Å²) in [5.74, 6) is -5.55. The van der Waals surface area contributed by atoms with Gasteiger partial charge in [-0.05, 0) is 12.8 Å². The van der Waals surface area contributed by atoms with Crippen molar-refractivity contribution < 1.29 is 55.0 Å². The molecule has 2 aliphatic heterocycles. The van der Waals surface area contributed by atoms with E-state index >= 15 is 0 Å². The number of H-pyrrole nitrogens is 1. The number of carbonyl (C=O) groups excluding carboxylic acids is 4. The number of piperazine rings is 2. The number of anilines is 3. The number of alkyl halides is 6. The van der Waals surface area contributed by atoms with Gasteiger partial charge in [-0.2, -0.15) is 26.3 Å². The van der Waals surface area contributed by atoms with Gasteiger partial charge in [-0.15, -0.1) is 0 Å². The van der Waals surface area contributed by atoms with Crippen LogP contribution in [0.15, 0.2) is 4.79 Å². The quantitative estimate of drug-likeness (QED) is 0.246. The summed E-state index contributed by atoms with van der Waals surface area (Å²) in [6.45, 7) is 3.12. The second-order valence-electron chi connectivity index (χ2n) is 11.1. The molecule has 3 radical (unpaired) electrons. The number of aromatic amines is 1. The molecule has 2 amide bonds. The van der Waals surface area contributed by atoms with E-state index in [4.69, 9.17) is 28.9 Å². The molecule has 25 heteroatoms. The van der Waals surface area contributed by atoms with Crippen molar-refractivity contribution in [2.75, 3.05) is 69.0 Å². The van der Waals surface area contributed by atoms with Crippen LogP contribution in [0.1, 0.15) is 47.7 Å². The molecular formula is C28H33BCl2F6N9O7. The van der Waals surface area contributed by atoms with Crippen molar-refractivity contribution in [2.24, 2.45) is 0 Å². The molecule has 3 N–H and O–H groups in total. The number of aromatic nitrogens is 4. The van der Waals surface area contributed by atoms with Crippen LogP contribution in [0.3, 0.4) is 0 Å². The van der Waals surface area contributed by atoms with E-state index in [9.17, 15) is 50.3 Å². The Morgan fingerprint density at radius 1 is 0.774 bits per heavy atom. The van der Waals surface area contributed by atoms with Crippen LogP contribution in [-0.4, -0.2) is 140 Å². The van der Waals surface area contributed by atoms with Crippen LogP contribution in [-0.2, 0) is 19.1 Å². The molecule has 0 aromatic carbocycles. The van der Waals surface area contributed by atoms with E-state index in [2.05, 4.69) is 29.4 Å². The van der Waals surface area contributed by atoms with Gasteiger partial charge in [0.25, 0.3) is 5.56 Å². The molecule has 2 aromatic rings. The first-order chi connectivity index (χ1) is 24.2. The van der Waals surface area contributed by atoms with E-state index in [0.717, 1.165) is 24.0 Å². The van der Waals surface area contributed by atoms with Crippen molar-refractivity contribution in [3.63, 3.8) is 0 Å². The second-order valence-corrected chi connectivity index (χ2v) is 11.8. The van der Waals surface area contributed by atoms with Crippen LogP contribution in [0, 0.1) is 0 Å². The Labute approximate surface area is 309 Å². The Balaban J connectivity index is 0.000000360. The molecule has 2 saturated heterocycles. The van der Waals surface area contributed by atoms with Crippen LogP contribution >= 0.6 is 23.2 Å². The lowest BCUT2D eigenvalue weighted by atomic mass is 10.1. The van der Waals surface area contributed by atoms with Gasteiger partial charge < -0.3 is 39.8 Å². The molecule has 2 aliphatic rings. The van der Waals surface area contributed by atoms with Crippen molar-refractivity contribution in [3.05, 3.63) is 32.0 Å². The van der Waals surface area contributed by atoms with Crippen molar-refractivity contribution in [2.45, 2.75) is 51.1 Å². The normalized spacial score (nSPS) is 17.7. The highest BCUT2D eigenvalue weighted by atomic mass is 35.5. The molecule has 4 rings (SSSR count). The minimum atomic E-state index is -4.95. The molecule has 2 aromatic heterocycles. The molecule has 4 heterocycles. The third-order valence-corrected chi connectivity index (χ3v) is 8.52. The van der Waals surface area contributed by atoms with Crippen LogP contribution in [0.5, 0.6) is 0 Å². The first kappa shape index (κ1) is 44.6. The highest BCUT2D eigenvalue weighted by Gasteiger charge is 2.47. The minimum Gasteiger partial charge on any atom is -0.464 e. The largest absolute Gasteiger partial charge is 0.471 e. The van der Waals surface area contributed by atoms with E-state index in [0.29, 0.717) is 6.42 Å². The molecular weight excluding hydrogens is 770 g/mol. The van der Waals surface area contributed by atoms with E-state index in [1.807, 2.05) is 0 Å². The molecule has 0 aliphatic carbocycles. The molecule has 16 nitrogen and oxygen atoms in total. The number of methoxy groups -OCH3 is 2. The molecule has 0 saturated carbocycles. The lowest BCUT2D eigenvalue weighted by molar-refractivity contribution is -0.188. The van der Waals surface area contributed by atoms with Gasteiger partial charge in [-0.3, -0.25) is 14.4 Å². The summed E-state index contributed by atoms with van der Waals surface area (Å²) >= 11 is 12.1. The third kappa shape index (κ3) is 10.3. The van der Waals surface area contributed by atoms with E-state index < -0.39 is 59.4 Å². The number of nitrogens with one attached hydrogen (secondary N) is 1. The fourth-order valence-corrected chi connectivity index (χ4v) is 5.89. The number of amides is 2. The lowest BCUT2D eigenvalue weighted by Crippen LogP contribution is -2.58. The number of hydrogen-bond donors (Lipinski definition) is 2. The van der Waals surface area contributed by atoms with Gasteiger partial charge in [0.2, 0.25) is 5.69 Å². The lowest BCUT2D eigenvalue weighted by Gasteiger charge is -2.42. The second kappa shape index (κ2) is 18.0. The predicted molar refractivity (Wildman–Crippen MR) is 178 cm³/mol. The summed E-state index contributed by atoms with van der Waals surface area (Å²) < 4.78 is 85.2. The van der Waals surface area contributed by atoms with Crippen LogP contribution in [0.2, 0.25) is 10.3 Å². The number of esters is 2. The molecule has 0 bridgehead atoms. The minimum absolute atomic E-state index is 0. The number of nitrogens with two attached hydrogens (primary N) is 1. The average molecular weight is 803 g/mol. The number of carbonyl (C=O) groups is 4. The highest BCUT2D eigenvalue weighted by Crippen LogP contribution is 2.30. The van der Waals surface area contributed by atoms with Crippen molar-refractivity contribution >= 4 is 72.8 Å². The van der Waals surface area contributed by atoms with Gasteiger partial charge in [0.15, 0.2) is 27.6 Å². The molecule has 0 unspecified atom stereocenters. The monoisotopic (exact) mass is 802 g/mol. The maximum absolute atomic E-state index is 12.7. The van der Waals surface area contributed by atoms with Crippen LogP contribution < -0.4 is 21.1 Å². The van der Waals surface area contributed by atoms with Crippen LogP contribution in [0.4, 0.5) is 43.8 Å². The standard InChI is InChI=1S/C14H17ClF3N5O3.C14H16ClF3N4O4.B/c1-3-7-6-22(4-5-23(7)13(25)14(16,17)18)11-9(15)20-8(10(19)21-11)12(24)26-2;1-3-7-6-21(4-5-22(7)13(25)14(16,17)18)10-9(15)19-8(11(23)20-10)12(24)26-2;/h7H,3-6H2,1-2H3,(H2,19,21);7H,3-6H2,1-2H3,(H,20,23);/t2*7-;/m00./s1. The zero-order valence-corrected chi connectivity index (χ0v) is 30.0. The van der Waals surface area contributed by atoms with Crippen molar-refractivity contribution in [3.8, 4) is 0 Å². The van der Waals surface area contributed by atoms with Gasteiger partial charge in [-0.1, -0.05) is 37.0 Å². The molecule has 2 atom stereocenters. The highest BCUT2D eigenvalue weighted by molar-refractivity contribution is 6.32. The Bertz CT molecular complexity index is 1740. The molecule has 53 heavy (non-hydrogen) atoms. The van der Waals surface area contributed by atoms with Gasteiger partial charge in [0, 0.05) is 59.8 Å². The maximum atomic E-state index is 12.7. The summed E-state index contributed by atoms with van der Waals surface area (Å²) in [6, 6.07) is -1.41. The van der Waals surface area contributed by atoms with E-state index in [1.165, 1.54) is 4.90 Å². The number of nitrogen functional groups attached to an aromatic ring is 1. The summed E-state index contributed by atoms with van der Waals surface area (Å²) in [5.41, 5.74) is 4.09. The van der Waals surface area contributed by atoms with Gasteiger partial charge >= 0.3 is 36.1 Å². The molecule has 0 spiro atoms. The van der Waals surface area contributed by atoms with Crippen molar-refractivity contribution in [1.82, 2.24) is 29.7 Å². The number of nitrogens with zero attached hydrogens (tertiary/aromatic N) is 7. The summed E-state index contributed by atoms with van der Waals surface area (Å²) in [5, 5.41) is -0.333. The summed E-state index contributed by atoms with van der Waals surface area (Å²) in [6.07, 6.45) is -9.31. The van der Waals surface area contributed by atoms with Gasteiger partial charge in [0.05, 0.1) is 14.2 Å². The van der Waals surface area contributed by atoms with E-state index in [-0.39, 0.29) is 87.6 Å². The third-order valence-electron chi connectivity index (χ3n) is 8.00. The summed E-state index contributed by atoms with van der Waals surface area (Å²) in [7, 11) is 2.22. The Morgan fingerprint density at radius 2 is 1.21 bits per heavy atom. The van der Waals surface area contributed by atoms with Crippen molar-refractivity contribution in [1.29, 1.82) is 0 Å². The Kier molecular flexibility index (Phi) is 15.2. The SMILES string of the molecule is CC[C@H]1CN(c2[nH]c(=O)c(C(=O)OC)nc2Cl)CCN1C(=O)C(F)(F)F.CC[C@H]1CN(c2nc(N)c(C(=O)OC)nc2Cl)CCN1C(=O)C(F)(F)F.[B]. The van der Waals surface area contributed by atoms with Gasteiger partial charge in [0.1, 0.15) is 5.82 Å². The number of hydrogen-bond acceptors (Lipinski definition) is 13. The zero-order chi connectivity index (χ0) is 39.3. The molecule has 2 fully saturated rings. The van der Waals surface area contributed by atoms with E-state index in [1.54, 1.807) is 18.7 Å². The number of ether oxygens (including phenoxy) is 2. The number of halogens is 8. The molecule has 291 valence electrons. The van der Waals surface area contributed by atoms with Crippen LogP contribution in [0.25, 0.3) is 0 Å². The number of rotatable bonds is 6. The topological polar surface area (TPSA) is 197 Å². The van der Waals surface area contributed by atoms with Gasteiger partial charge in [-0.25, -0.2) is 24.5 Å². The average Bonchev–Trinajstić information content (AvgIpc) is 3.10. The smallest absolute Gasteiger partial charge is 0.464 e. The summed E-state index contributed by atoms with van der Waals surface area (Å²) in [4.78, 5) is 76.8. The Hall–Kier alpha value is -4.54. The first-order valence-corrected chi connectivity index (χ1v) is 16.0. The fourth-order valence-electron chi connectivity index (χ4n) is 5.40. The first-order valence-electron chi connectivity index (χ1n) is 15.2. The Morgan fingerprint density at radius 3 is 1.66 bits per heavy atom. The zero-order valence-electron chi connectivity index (χ0n) is 28.5. The predicted octanol–water partition coefficient (Wildman–Crippen LogP) is 2.31.